The van der Waals surface area contributed by atoms with Crippen LogP contribution in [0.5, 0.6) is 0 Å². The van der Waals surface area contributed by atoms with Crippen molar-refractivity contribution < 1.29 is 28.0 Å². The Kier molecular flexibility index (Phi) is 5.01. The number of carbonyl (C=O) groups is 1. The lowest BCUT2D eigenvalue weighted by atomic mass is 10.1. The van der Waals surface area contributed by atoms with E-state index in [9.17, 15) is 28.1 Å². The highest BCUT2D eigenvalue weighted by atomic mass is 19.4. The van der Waals surface area contributed by atoms with Gasteiger partial charge in [0.05, 0.1) is 22.3 Å². The first-order valence-electron chi connectivity index (χ1n) is 6.67. The minimum absolute atomic E-state index is 0.0463. The Morgan fingerprint density at radius 1 is 1.24 bits per heavy atom. The van der Waals surface area contributed by atoms with Crippen molar-refractivity contribution in [3.63, 3.8) is 0 Å². The highest BCUT2D eigenvalue weighted by molar-refractivity contribution is 5.98. The molecule has 0 amide bonds. The Morgan fingerprint density at radius 2 is 1.92 bits per heavy atom. The molecule has 2 aromatic rings. The number of halogens is 3. The molecule has 0 aliphatic carbocycles. The van der Waals surface area contributed by atoms with Gasteiger partial charge in [0.25, 0.3) is 5.69 Å². The van der Waals surface area contributed by atoms with Crippen molar-refractivity contribution in [3.05, 3.63) is 69.3 Å². The van der Waals surface area contributed by atoms with Crippen molar-refractivity contribution in [3.8, 4) is 0 Å². The highest BCUT2D eigenvalue weighted by Crippen LogP contribution is 2.34. The van der Waals surface area contributed by atoms with Gasteiger partial charge in [0.1, 0.15) is 5.69 Å². The van der Waals surface area contributed by atoms with Crippen LogP contribution in [0.3, 0.4) is 0 Å². The molecule has 0 spiro atoms. The lowest BCUT2D eigenvalue weighted by Crippen LogP contribution is -2.07. The molecule has 0 heterocycles. The third-order valence-electron chi connectivity index (χ3n) is 3.10. The molecule has 0 unspecified atom stereocenters. The van der Waals surface area contributed by atoms with Crippen LogP contribution in [-0.2, 0) is 6.18 Å². The van der Waals surface area contributed by atoms with Crippen molar-refractivity contribution in [2.24, 2.45) is 5.10 Å². The number of hydrazone groups is 1. The van der Waals surface area contributed by atoms with Crippen LogP contribution in [0.15, 0.2) is 47.6 Å². The summed E-state index contributed by atoms with van der Waals surface area (Å²) in [5.41, 5.74) is 0.198. The van der Waals surface area contributed by atoms with Crippen molar-refractivity contribution in [2.45, 2.75) is 6.18 Å². The Morgan fingerprint density at radius 3 is 2.52 bits per heavy atom. The van der Waals surface area contributed by atoms with Gasteiger partial charge in [-0.3, -0.25) is 15.5 Å². The number of carboxylic acid groups (broad SMARTS) is 1. The molecule has 0 aliphatic heterocycles. The molecule has 0 aliphatic rings. The Hall–Kier alpha value is -3.43. The fraction of sp³-hybridized carbons (Fsp3) is 0.0667. The molecule has 25 heavy (non-hydrogen) atoms. The predicted molar refractivity (Wildman–Crippen MR) is 82.7 cm³/mol. The number of anilines is 1. The van der Waals surface area contributed by atoms with Crippen LogP contribution in [-0.4, -0.2) is 22.2 Å². The largest absolute Gasteiger partial charge is 0.478 e. The molecule has 130 valence electrons. The highest BCUT2D eigenvalue weighted by Gasteiger charge is 2.33. The molecule has 0 atom stereocenters. The smallest absolute Gasteiger partial charge is 0.416 e. The van der Waals surface area contributed by atoms with Gasteiger partial charge in [0.2, 0.25) is 0 Å². The maximum absolute atomic E-state index is 12.6. The molecule has 2 rings (SSSR count). The number of carboxylic acids is 1. The van der Waals surface area contributed by atoms with E-state index in [4.69, 9.17) is 5.11 Å². The molecule has 2 aromatic carbocycles. The molecule has 7 nitrogen and oxygen atoms in total. The topological polar surface area (TPSA) is 105 Å². The number of nitro benzene ring substituents is 1. The first-order valence-corrected chi connectivity index (χ1v) is 6.67. The monoisotopic (exact) mass is 353 g/mol. The number of nitrogens with zero attached hydrogens (tertiary/aromatic N) is 2. The number of rotatable bonds is 5. The number of aromatic carboxylic acids is 1. The summed E-state index contributed by atoms with van der Waals surface area (Å²) in [4.78, 5) is 21.0. The van der Waals surface area contributed by atoms with Crippen LogP contribution in [0.2, 0.25) is 0 Å². The first-order chi connectivity index (χ1) is 11.7. The molecule has 10 heteroatoms. The zero-order valence-corrected chi connectivity index (χ0v) is 12.3. The van der Waals surface area contributed by atoms with Crippen molar-refractivity contribution in [1.82, 2.24) is 0 Å². The van der Waals surface area contributed by atoms with E-state index in [-0.39, 0.29) is 16.8 Å². The molecule has 0 aromatic heterocycles. The molecule has 2 N–H and O–H groups in total. The fourth-order valence-corrected chi connectivity index (χ4v) is 1.93. The molecular formula is C15H10F3N3O4. The summed E-state index contributed by atoms with van der Waals surface area (Å²) in [6.45, 7) is 0. The molecule has 0 radical (unpaired) electrons. The van der Waals surface area contributed by atoms with Gasteiger partial charge in [-0.1, -0.05) is 18.2 Å². The lowest BCUT2D eigenvalue weighted by molar-refractivity contribution is -0.384. The zero-order chi connectivity index (χ0) is 18.6. The first kappa shape index (κ1) is 17.9. The van der Waals surface area contributed by atoms with E-state index in [2.05, 4.69) is 10.5 Å². The average Bonchev–Trinajstić information content (AvgIpc) is 2.54. The van der Waals surface area contributed by atoms with E-state index >= 15 is 0 Å². The average molecular weight is 353 g/mol. The van der Waals surface area contributed by atoms with E-state index in [0.29, 0.717) is 12.1 Å². The van der Waals surface area contributed by atoms with Gasteiger partial charge in [-0.05, 0) is 18.2 Å². The summed E-state index contributed by atoms with van der Waals surface area (Å²) in [5.74, 6) is -1.19. The number of hydrogen-bond donors (Lipinski definition) is 2. The van der Waals surface area contributed by atoms with Crippen LogP contribution in [0, 0.1) is 10.1 Å². The van der Waals surface area contributed by atoms with E-state index in [0.717, 1.165) is 12.3 Å². The number of benzene rings is 2. The third-order valence-corrected chi connectivity index (χ3v) is 3.10. The normalized spacial score (nSPS) is 11.5. The second-order valence-electron chi connectivity index (χ2n) is 4.75. The van der Waals surface area contributed by atoms with Crippen molar-refractivity contribution >= 4 is 23.6 Å². The van der Waals surface area contributed by atoms with Gasteiger partial charge in [-0.25, -0.2) is 4.79 Å². The van der Waals surface area contributed by atoms with Crippen LogP contribution in [0.1, 0.15) is 21.5 Å². The Labute approximate surface area is 138 Å². The zero-order valence-electron chi connectivity index (χ0n) is 12.3. The number of hydrogen-bond acceptors (Lipinski definition) is 5. The number of alkyl halides is 3. The lowest BCUT2D eigenvalue weighted by Gasteiger charge is -2.08. The second kappa shape index (κ2) is 6.99. The van der Waals surface area contributed by atoms with Crippen LogP contribution < -0.4 is 5.43 Å². The SMILES string of the molecule is O=C(O)c1ccccc1/C=N/Nc1ccc(C(F)(F)F)cc1[N+](=O)[O-]. The van der Waals surface area contributed by atoms with E-state index in [1.807, 2.05) is 0 Å². The fourth-order valence-electron chi connectivity index (χ4n) is 1.93. The number of nitrogens with one attached hydrogen (secondary N) is 1. The van der Waals surface area contributed by atoms with E-state index < -0.39 is 28.3 Å². The molecule has 0 saturated heterocycles. The minimum Gasteiger partial charge on any atom is -0.478 e. The maximum Gasteiger partial charge on any atom is 0.416 e. The minimum atomic E-state index is -4.72. The Balaban J connectivity index is 2.29. The number of nitro groups is 1. The van der Waals surface area contributed by atoms with Crippen LogP contribution in [0.4, 0.5) is 24.5 Å². The maximum atomic E-state index is 12.6. The van der Waals surface area contributed by atoms with Gasteiger partial charge >= 0.3 is 12.1 Å². The van der Waals surface area contributed by atoms with Crippen LogP contribution in [0.25, 0.3) is 0 Å². The van der Waals surface area contributed by atoms with Crippen molar-refractivity contribution in [1.29, 1.82) is 0 Å². The summed E-state index contributed by atoms with van der Waals surface area (Å²) in [7, 11) is 0. The molecule has 0 bridgehead atoms. The Bertz CT molecular complexity index is 850. The summed E-state index contributed by atoms with van der Waals surface area (Å²) in [6.07, 6.45) is -3.61. The standard InChI is InChI=1S/C15H10F3N3O4/c16-15(17,18)10-5-6-12(13(7-10)21(24)25)20-19-8-9-3-1-2-4-11(9)14(22)23/h1-8,20H,(H,22,23)/b19-8+. The summed E-state index contributed by atoms with van der Waals surface area (Å²) >= 11 is 0. The summed E-state index contributed by atoms with van der Waals surface area (Å²) in [6, 6.07) is 7.81. The summed E-state index contributed by atoms with van der Waals surface area (Å²) in [5, 5.41) is 23.6. The quantitative estimate of drug-likeness (QED) is 0.484. The van der Waals surface area contributed by atoms with E-state index in [1.54, 1.807) is 6.07 Å². The van der Waals surface area contributed by atoms with Gasteiger partial charge in [0, 0.05) is 11.6 Å². The van der Waals surface area contributed by atoms with Gasteiger partial charge in [0.15, 0.2) is 0 Å². The second-order valence-corrected chi connectivity index (χ2v) is 4.75. The summed E-state index contributed by atoms with van der Waals surface area (Å²) < 4.78 is 37.9. The van der Waals surface area contributed by atoms with Crippen LogP contribution >= 0.6 is 0 Å². The van der Waals surface area contributed by atoms with Gasteiger partial charge in [-0.15, -0.1) is 0 Å². The van der Waals surface area contributed by atoms with E-state index in [1.165, 1.54) is 18.2 Å². The molecular weight excluding hydrogens is 343 g/mol. The van der Waals surface area contributed by atoms with Gasteiger partial charge < -0.3 is 5.11 Å². The van der Waals surface area contributed by atoms with Crippen molar-refractivity contribution in [2.75, 3.05) is 5.43 Å². The molecule has 0 fully saturated rings. The predicted octanol–water partition coefficient (Wildman–Crippen LogP) is 3.76. The molecule has 0 saturated carbocycles. The van der Waals surface area contributed by atoms with Gasteiger partial charge in [-0.2, -0.15) is 18.3 Å². The third kappa shape index (κ3) is 4.31.